The number of benzene rings is 2. The van der Waals surface area contributed by atoms with E-state index in [2.05, 4.69) is 16.0 Å². The van der Waals surface area contributed by atoms with Crippen molar-refractivity contribution in [2.75, 3.05) is 26.2 Å². The van der Waals surface area contributed by atoms with Crippen LogP contribution in [0, 0.1) is 5.92 Å². The summed E-state index contributed by atoms with van der Waals surface area (Å²) in [5, 5.41) is 20.3. The first-order chi connectivity index (χ1) is 22.8. The van der Waals surface area contributed by atoms with Crippen LogP contribution in [-0.4, -0.2) is 94.9 Å². The topological polar surface area (TPSA) is 157 Å². The highest BCUT2D eigenvalue weighted by atomic mass is 35.5. The Hall–Kier alpha value is -4.16. The zero-order valence-electron chi connectivity index (χ0n) is 27.5. The molecule has 0 saturated carbocycles. The molecule has 48 heavy (non-hydrogen) atoms. The summed E-state index contributed by atoms with van der Waals surface area (Å²) < 4.78 is 5.69. The second kappa shape index (κ2) is 14.9. The van der Waals surface area contributed by atoms with E-state index < -0.39 is 47.5 Å². The minimum absolute atomic E-state index is 0.158. The Balaban J connectivity index is 1.36. The molecule has 6 rings (SSSR count). The SMILES string of the molecule is CC(C)[C@@H]1NC(=O)COc2ccc(cc2)C[C@@H](C(=O)N2CCC(O)(c3ccc(Cl)cc3)CC2)NC(=O)[C@H](C)NC(=O)[C@H]2CCCN2C1=O. The van der Waals surface area contributed by atoms with Crippen LogP contribution in [-0.2, 0) is 36.0 Å². The Labute approximate surface area is 285 Å². The third-order valence-electron chi connectivity index (χ3n) is 9.47. The largest absolute Gasteiger partial charge is 0.484 e. The van der Waals surface area contributed by atoms with E-state index in [0.29, 0.717) is 43.0 Å². The fourth-order valence-electron chi connectivity index (χ4n) is 6.55. The lowest BCUT2D eigenvalue weighted by Crippen LogP contribution is -2.59. The minimum Gasteiger partial charge on any atom is -0.484 e. The second-order valence-electron chi connectivity index (χ2n) is 13.3. The minimum atomic E-state index is -1.11. The number of carbonyl (C=O) groups excluding carboxylic acids is 5. The summed E-state index contributed by atoms with van der Waals surface area (Å²) in [6, 6.07) is 10.3. The number of hydrogen-bond donors (Lipinski definition) is 4. The molecule has 4 heterocycles. The molecule has 2 aromatic rings. The lowest BCUT2D eigenvalue weighted by molar-refractivity contribution is -0.143. The van der Waals surface area contributed by atoms with Crippen molar-refractivity contribution >= 4 is 41.1 Å². The van der Waals surface area contributed by atoms with E-state index in [0.717, 1.165) is 11.1 Å². The zero-order chi connectivity index (χ0) is 34.6. The predicted octanol–water partition coefficient (Wildman–Crippen LogP) is 1.91. The smallest absolute Gasteiger partial charge is 0.258 e. The number of likely N-dealkylation sites (tertiary alicyclic amines) is 1. The molecular weight excluding hydrogens is 638 g/mol. The number of hydrogen-bond acceptors (Lipinski definition) is 7. The molecule has 2 aromatic carbocycles. The Morgan fingerprint density at radius 2 is 1.60 bits per heavy atom. The number of rotatable bonds is 3. The summed E-state index contributed by atoms with van der Waals surface area (Å²) in [7, 11) is 0. The summed E-state index contributed by atoms with van der Waals surface area (Å²) in [6.45, 7) is 5.75. The van der Waals surface area contributed by atoms with Gasteiger partial charge >= 0.3 is 0 Å². The van der Waals surface area contributed by atoms with Gasteiger partial charge in [0.15, 0.2) is 6.61 Å². The quantitative estimate of drug-likeness (QED) is 0.386. The maximum Gasteiger partial charge on any atom is 0.258 e. The van der Waals surface area contributed by atoms with E-state index >= 15 is 0 Å². The normalized spacial score (nSPS) is 25.6. The molecule has 0 spiro atoms. The molecular formula is C35H44ClN5O7. The summed E-state index contributed by atoms with van der Waals surface area (Å²) in [5.41, 5.74) is 0.352. The number of halogens is 1. The number of aliphatic hydroxyl groups is 1. The van der Waals surface area contributed by atoms with E-state index in [1.54, 1.807) is 53.4 Å². The van der Waals surface area contributed by atoms with E-state index in [-0.39, 0.29) is 43.8 Å². The maximum absolute atomic E-state index is 14.0. The summed E-state index contributed by atoms with van der Waals surface area (Å²) in [5.74, 6) is -1.99. The fraction of sp³-hybridized carbons (Fsp3) is 0.514. The van der Waals surface area contributed by atoms with E-state index in [1.807, 2.05) is 13.8 Å². The molecule has 0 aliphatic carbocycles. The molecule has 4 N–H and O–H groups in total. The van der Waals surface area contributed by atoms with Crippen LogP contribution in [0.5, 0.6) is 5.75 Å². The van der Waals surface area contributed by atoms with Crippen molar-refractivity contribution < 1.29 is 33.8 Å². The molecule has 5 amide bonds. The van der Waals surface area contributed by atoms with Crippen molar-refractivity contribution in [3.63, 3.8) is 0 Å². The van der Waals surface area contributed by atoms with Crippen molar-refractivity contribution in [2.45, 2.75) is 82.6 Å². The van der Waals surface area contributed by atoms with Crippen molar-refractivity contribution in [2.24, 2.45) is 5.92 Å². The van der Waals surface area contributed by atoms with Crippen LogP contribution >= 0.6 is 11.6 Å². The van der Waals surface area contributed by atoms with Gasteiger partial charge in [0.05, 0.1) is 5.60 Å². The van der Waals surface area contributed by atoms with Gasteiger partial charge < -0.3 is 35.6 Å². The van der Waals surface area contributed by atoms with Gasteiger partial charge in [-0.3, -0.25) is 24.0 Å². The lowest BCUT2D eigenvalue weighted by Gasteiger charge is -2.40. The average Bonchev–Trinajstić information content (AvgIpc) is 3.56. The Morgan fingerprint density at radius 1 is 0.938 bits per heavy atom. The molecule has 4 atom stereocenters. The third-order valence-corrected chi connectivity index (χ3v) is 9.72. The average molecular weight is 682 g/mol. The Kier molecular flexibility index (Phi) is 10.9. The number of nitrogens with zero attached hydrogens (tertiary/aromatic N) is 2. The standard InChI is InChI=1S/C35H44ClN5O7/c1-21(2)30-34(46)41-16-4-5-28(41)32(44)37-22(3)31(43)38-27(19-23-6-12-26(13-7-23)48-20-29(42)39-30)33(45)40-17-14-35(47,15-18-40)24-8-10-25(36)11-9-24/h6-13,21-22,27-28,30,47H,4-5,14-20H2,1-3H3,(H,37,44)(H,38,43)(H,39,42)/t22-,27-,28+,30-/m0/s1. The van der Waals surface area contributed by atoms with Crippen molar-refractivity contribution in [1.29, 1.82) is 0 Å². The molecule has 2 fully saturated rings. The molecule has 0 unspecified atom stereocenters. The highest BCUT2D eigenvalue weighted by molar-refractivity contribution is 6.30. The number of carbonyl (C=O) groups is 5. The van der Waals surface area contributed by atoms with Crippen molar-refractivity contribution in [1.82, 2.24) is 25.8 Å². The summed E-state index contributed by atoms with van der Waals surface area (Å²) in [6.07, 6.45) is 1.79. The molecule has 4 aliphatic rings. The number of amides is 5. The third kappa shape index (κ3) is 8.10. The van der Waals surface area contributed by atoms with Gasteiger partial charge in [-0.2, -0.15) is 0 Å². The summed E-state index contributed by atoms with van der Waals surface area (Å²) in [4.78, 5) is 70.4. The van der Waals surface area contributed by atoms with Crippen LogP contribution in [0.25, 0.3) is 0 Å². The highest BCUT2D eigenvalue weighted by Gasteiger charge is 2.41. The van der Waals surface area contributed by atoms with Crippen LogP contribution in [0.3, 0.4) is 0 Å². The number of fused-ring (bicyclic) bond motifs is 13. The van der Waals surface area contributed by atoms with Gasteiger partial charge in [0.2, 0.25) is 23.6 Å². The molecule has 0 radical (unpaired) electrons. The lowest BCUT2D eigenvalue weighted by atomic mass is 9.84. The predicted molar refractivity (Wildman–Crippen MR) is 178 cm³/mol. The van der Waals surface area contributed by atoms with E-state index in [4.69, 9.17) is 16.3 Å². The van der Waals surface area contributed by atoms with Crippen LogP contribution < -0.4 is 20.7 Å². The van der Waals surface area contributed by atoms with Gasteiger partial charge in [0.1, 0.15) is 29.9 Å². The van der Waals surface area contributed by atoms with Gasteiger partial charge in [0, 0.05) is 31.1 Å². The Bertz CT molecular complexity index is 1510. The number of piperidine rings is 1. The van der Waals surface area contributed by atoms with Crippen LogP contribution in [0.4, 0.5) is 0 Å². The van der Waals surface area contributed by atoms with E-state index in [9.17, 15) is 29.1 Å². The monoisotopic (exact) mass is 681 g/mol. The molecule has 4 aliphatic heterocycles. The Morgan fingerprint density at radius 3 is 2.25 bits per heavy atom. The molecule has 0 aromatic heterocycles. The van der Waals surface area contributed by atoms with E-state index in [1.165, 1.54) is 11.8 Å². The summed E-state index contributed by atoms with van der Waals surface area (Å²) >= 11 is 6.03. The first-order valence-corrected chi connectivity index (χ1v) is 16.9. The van der Waals surface area contributed by atoms with Gasteiger partial charge in [-0.15, -0.1) is 0 Å². The molecule has 258 valence electrons. The van der Waals surface area contributed by atoms with Crippen LogP contribution in [0.1, 0.15) is 57.6 Å². The van der Waals surface area contributed by atoms with Crippen molar-refractivity contribution in [3.8, 4) is 5.75 Å². The first kappa shape index (κ1) is 35.2. The molecule has 2 saturated heterocycles. The number of ether oxygens (including phenoxy) is 1. The maximum atomic E-state index is 14.0. The van der Waals surface area contributed by atoms with Gasteiger partial charge in [-0.05, 0) is 73.9 Å². The van der Waals surface area contributed by atoms with Crippen LogP contribution in [0.2, 0.25) is 5.02 Å². The fourth-order valence-corrected chi connectivity index (χ4v) is 6.68. The zero-order valence-corrected chi connectivity index (χ0v) is 28.3. The van der Waals surface area contributed by atoms with Gasteiger partial charge in [-0.1, -0.05) is 49.7 Å². The first-order valence-electron chi connectivity index (χ1n) is 16.5. The molecule has 13 heteroatoms. The second-order valence-corrected chi connectivity index (χ2v) is 13.7. The number of nitrogens with one attached hydrogen (secondary N) is 3. The van der Waals surface area contributed by atoms with Gasteiger partial charge in [0.25, 0.3) is 5.91 Å². The van der Waals surface area contributed by atoms with Gasteiger partial charge in [-0.25, -0.2) is 0 Å². The molecule has 12 nitrogen and oxygen atoms in total. The van der Waals surface area contributed by atoms with Crippen LogP contribution in [0.15, 0.2) is 48.5 Å². The van der Waals surface area contributed by atoms with Crippen molar-refractivity contribution in [3.05, 3.63) is 64.7 Å². The highest BCUT2D eigenvalue weighted by Crippen LogP contribution is 2.34. The molecule has 2 bridgehead atoms.